The van der Waals surface area contributed by atoms with Crippen LogP contribution in [0.3, 0.4) is 0 Å². The van der Waals surface area contributed by atoms with Crippen LogP contribution in [0.15, 0.2) is 60.0 Å². The Bertz CT molecular complexity index is 1180. The van der Waals surface area contributed by atoms with Crippen LogP contribution in [0.2, 0.25) is 0 Å². The molecule has 0 saturated carbocycles. The molecule has 2 aromatic carbocycles. The van der Waals surface area contributed by atoms with Gasteiger partial charge in [0.2, 0.25) is 5.91 Å². The minimum Gasteiger partial charge on any atom is -0.491 e. The van der Waals surface area contributed by atoms with Gasteiger partial charge in [0, 0.05) is 23.0 Å². The summed E-state index contributed by atoms with van der Waals surface area (Å²) < 4.78 is 33.0. The van der Waals surface area contributed by atoms with Gasteiger partial charge in [0.1, 0.15) is 30.5 Å². The molecule has 3 aromatic rings. The van der Waals surface area contributed by atoms with E-state index >= 15 is 0 Å². The van der Waals surface area contributed by atoms with Crippen LogP contribution < -0.4 is 4.74 Å². The zero-order valence-electron chi connectivity index (χ0n) is 19.7. The smallest absolute Gasteiger partial charge is 0.254 e. The third-order valence-corrected chi connectivity index (χ3v) is 7.39. The molecule has 8 heteroatoms. The fourth-order valence-electron chi connectivity index (χ4n) is 4.25. The molecule has 0 radical (unpaired) electrons. The van der Waals surface area contributed by atoms with Crippen molar-refractivity contribution >= 4 is 23.2 Å². The van der Waals surface area contributed by atoms with Crippen molar-refractivity contribution in [1.29, 1.82) is 0 Å². The second-order valence-electron chi connectivity index (χ2n) is 8.62. The number of halogens is 2. The van der Waals surface area contributed by atoms with E-state index in [9.17, 15) is 18.4 Å². The number of fused-ring (bicyclic) bond motifs is 1. The number of rotatable bonds is 8. The van der Waals surface area contributed by atoms with Crippen molar-refractivity contribution in [3.63, 3.8) is 0 Å². The van der Waals surface area contributed by atoms with Crippen molar-refractivity contribution in [1.82, 2.24) is 9.80 Å². The average molecular weight is 499 g/mol. The number of carbonyl (C=O) groups excluding carboxylic acids is 2. The maximum absolute atomic E-state index is 13.8. The molecular weight excluding hydrogens is 470 g/mol. The first-order valence-corrected chi connectivity index (χ1v) is 12.6. The van der Waals surface area contributed by atoms with Crippen LogP contribution in [0.25, 0.3) is 0 Å². The maximum Gasteiger partial charge on any atom is 0.254 e. The lowest BCUT2D eigenvalue weighted by Gasteiger charge is -2.38. The predicted molar refractivity (Wildman–Crippen MR) is 132 cm³/mol. The largest absolute Gasteiger partial charge is 0.491 e. The van der Waals surface area contributed by atoms with Crippen LogP contribution in [-0.2, 0) is 11.2 Å². The van der Waals surface area contributed by atoms with E-state index in [4.69, 9.17) is 4.74 Å². The van der Waals surface area contributed by atoms with Gasteiger partial charge in [-0.3, -0.25) is 9.59 Å². The van der Waals surface area contributed by atoms with Crippen LogP contribution in [-0.4, -0.2) is 47.4 Å². The van der Waals surface area contributed by atoms with Gasteiger partial charge in [-0.05, 0) is 79.2 Å². The lowest BCUT2D eigenvalue weighted by molar-refractivity contribution is -0.136. The molecular formula is C27H28F2N2O3S. The second kappa shape index (κ2) is 11.0. The summed E-state index contributed by atoms with van der Waals surface area (Å²) in [5.74, 6) is -0.895. The first-order valence-electron chi connectivity index (χ1n) is 11.7. The molecule has 0 bridgehead atoms. The first-order chi connectivity index (χ1) is 16.9. The number of hydrogen-bond donors (Lipinski definition) is 0. The molecule has 1 aromatic heterocycles. The number of nitrogens with zero attached hydrogens (tertiary/aromatic N) is 2. The molecule has 2 amide bonds. The molecule has 1 aliphatic rings. The second-order valence-corrected chi connectivity index (χ2v) is 9.62. The van der Waals surface area contributed by atoms with E-state index in [0.717, 1.165) is 12.0 Å². The summed E-state index contributed by atoms with van der Waals surface area (Å²) in [4.78, 5) is 31.3. The quantitative estimate of drug-likeness (QED) is 0.414. The van der Waals surface area contributed by atoms with E-state index in [1.165, 1.54) is 40.1 Å². The van der Waals surface area contributed by atoms with Gasteiger partial charge in [-0.2, -0.15) is 0 Å². The highest BCUT2D eigenvalue weighted by Gasteiger charge is 2.34. The molecule has 2 heterocycles. The Labute approximate surface area is 207 Å². The normalized spacial score (nSPS) is 15.9. The van der Waals surface area contributed by atoms with Gasteiger partial charge in [0.15, 0.2) is 0 Å². The summed E-state index contributed by atoms with van der Waals surface area (Å²) in [7, 11) is 0. The third-order valence-electron chi connectivity index (χ3n) is 6.40. The fourth-order valence-corrected chi connectivity index (χ4v) is 5.18. The van der Waals surface area contributed by atoms with Gasteiger partial charge in [-0.25, -0.2) is 8.78 Å². The molecule has 184 valence electrons. The summed E-state index contributed by atoms with van der Waals surface area (Å²) in [6, 6.07) is 12.8. The molecule has 4 rings (SSSR count). The number of hydrogen-bond acceptors (Lipinski definition) is 4. The Hall–Kier alpha value is -3.26. The lowest BCUT2D eigenvalue weighted by atomic mass is 10.00. The number of carbonyl (C=O) groups is 2. The number of amides is 2. The summed E-state index contributed by atoms with van der Waals surface area (Å²) in [5.41, 5.74) is 1.25. The van der Waals surface area contributed by atoms with Gasteiger partial charge in [0.25, 0.3) is 5.91 Å². The highest BCUT2D eigenvalue weighted by molar-refractivity contribution is 7.10. The minimum atomic E-state index is -0.495. The first kappa shape index (κ1) is 24.9. The number of benzene rings is 2. The summed E-state index contributed by atoms with van der Waals surface area (Å²) in [6.07, 6.45) is 1.38. The summed E-state index contributed by atoms with van der Waals surface area (Å²) in [6.45, 7) is 4.43. The van der Waals surface area contributed by atoms with Crippen LogP contribution in [0.5, 0.6) is 5.75 Å². The molecule has 0 N–H and O–H groups in total. The molecule has 0 saturated heterocycles. The Morgan fingerprint density at radius 1 is 1.14 bits per heavy atom. The van der Waals surface area contributed by atoms with E-state index in [-0.39, 0.29) is 48.4 Å². The van der Waals surface area contributed by atoms with Crippen LogP contribution in [0.4, 0.5) is 8.78 Å². The van der Waals surface area contributed by atoms with Crippen molar-refractivity contribution < 1.29 is 23.1 Å². The fraction of sp³-hybridized carbons (Fsp3) is 0.333. The van der Waals surface area contributed by atoms with Crippen molar-refractivity contribution in [3.05, 3.63) is 87.6 Å². The van der Waals surface area contributed by atoms with Crippen LogP contribution >= 0.6 is 11.3 Å². The Morgan fingerprint density at radius 3 is 2.63 bits per heavy atom. The van der Waals surface area contributed by atoms with Crippen molar-refractivity contribution in [2.24, 2.45) is 0 Å². The zero-order valence-corrected chi connectivity index (χ0v) is 20.6. The third kappa shape index (κ3) is 5.70. The Kier molecular flexibility index (Phi) is 7.80. The van der Waals surface area contributed by atoms with Gasteiger partial charge in [-0.15, -0.1) is 11.3 Å². The highest BCUT2D eigenvalue weighted by Crippen LogP contribution is 2.34. The molecule has 5 nitrogen and oxygen atoms in total. The van der Waals surface area contributed by atoms with Crippen molar-refractivity contribution in [2.75, 3.05) is 19.7 Å². The SMILES string of the molecule is CC[C@H](C)N(CC(=O)N1CCc2sccc2[C@H]1COc1ccc(F)cc1)C(=O)c1cccc(F)c1. The van der Waals surface area contributed by atoms with Gasteiger partial charge >= 0.3 is 0 Å². The molecule has 1 aliphatic heterocycles. The zero-order chi connectivity index (χ0) is 24.9. The van der Waals surface area contributed by atoms with Crippen LogP contribution in [0.1, 0.15) is 47.1 Å². The molecule has 0 spiro atoms. The van der Waals surface area contributed by atoms with Gasteiger partial charge < -0.3 is 14.5 Å². The van der Waals surface area contributed by atoms with E-state index in [0.29, 0.717) is 18.7 Å². The van der Waals surface area contributed by atoms with E-state index in [1.807, 2.05) is 25.3 Å². The molecule has 2 atom stereocenters. The number of ether oxygens (including phenoxy) is 1. The van der Waals surface area contributed by atoms with Crippen LogP contribution in [0, 0.1) is 11.6 Å². The minimum absolute atomic E-state index is 0.114. The Balaban J connectivity index is 1.54. The topological polar surface area (TPSA) is 49.9 Å². The monoisotopic (exact) mass is 498 g/mol. The highest BCUT2D eigenvalue weighted by atomic mass is 32.1. The molecule has 0 aliphatic carbocycles. The van der Waals surface area contributed by atoms with E-state index in [2.05, 4.69) is 0 Å². The molecule has 0 fully saturated rings. The molecule has 0 unspecified atom stereocenters. The van der Waals surface area contributed by atoms with E-state index < -0.39 is 5.82 Å². The van der Waals surface area contributed by atoms with Gasteiger partial charge in [-0.1, -0.05) is 13.0 Å². The summed E-state index contributed by atoms with van der Waals surface area (Å²) >= 11 is 1.65. The average Bonchev–Trinajstić information content (AvgIpc) is 3.35. The lowest BCUT2D eigenvalue weighted by Crippen LogP contribution is -2.49. The predicted octanol–water partition coefficient (Wildman–Crippen LogP) is 5.47. The number of thiophene rings is 1. The standard InChI is InChI=1S/C27H28F2N2O3S/c1-3-18(2)31(27(33)19-5-4-6-21(29)15-19)16-26(32)30-13-11-25-23(12-14-35-25)24(30)17-34-22-9-7-20(28)8-10-22/h4-10,12,14-15,18,24H,3,11,13,16-17H2,1-2H3/t18-,24+/m0/s1. The van der Waals surface area contributed by atoms with Gasteiger partial charge in [0.05, 0.1) is 6.04 Å². The maximum atomic E-state index is 13.8. The molecule has 35 heavy (non-hydrogen) atoms. The summed E-state index contributed by atoms with van der Waals surface area (Å²) in [5, 5.41) is 2.00. The van der Waals surface area contributed by atoms with Crippen molar-refractivity contribution in [2.45, 2.75) is 38.8 Å². The van der Waals surface area contributed by atoms with E-state index in [1.54, 1.807) is 34.4 Å². The Morgan fingerprint density at radius 2 is 1.91 bits per heavy atom. The van der Waals surface area contributed by atoms with Crippen molar-refractivity contribution in [3.8, 4) is 5.75 Å².